The van der Waals surface area contributed by atoms with Crippen molar-refractivity contribution in [3.05, 3.63) is 38.9 Å². The van der Waals surface area contributed by atoms with Gasteiger partial charge in [-0.3, -0.25) is 10.1 Å². The molecule has 0 bridgehead atoms. The quantitative estimate of drug-likeness (QED) is 0.451. The van der Waals surface area contributed by atoms with Crippen molar-refractivity contribution < 1.29 is 4.92 Å². The van der Waals surface area contributed by atoms with E-state index in [2.05, 4.69) is 0 Å². The third-order valence-corrected chi connectivity index (χ3v) is 3.78. The first-order valence-electron chi connectivity index (χ1n) is 4.97. The Morgan fingerprint density at radius 1 is 1.24 bits per heavy atom. The lowest BCUT2D eigenvalue weighted by Crippen LogP contribution is -2.15. The molecule has 1 unspecified atom stereocenters. The van der Waals surface area contributed by atoms with Gasteiger partial charge in [0, 0.05) is 17.5 Å². The average molecular weight is 297 g/mol. The van der Waals surface area contributed by atoms with Gasteiger partial charge >= 0.3 is 0 Å². The van der Waals surface area contributed by atoms with Crippen molar-refractivity contribution in [1.29, 1.82) is 0 Å². The molecule has 0 N–H and O–H groups in total. The lowest BCUT2D eigenvalue weighted by atomic mass is 9.96. The van der Waals surface area contributed by atoms with Gasteiger partial charge in [-0.25, -0.2) is 0 Å². The lowest BCUT2D eigenvalue weighted by molar-refractivity contribution is -0.385. The number of nitro groups is 1. The fourth-order valence-electron chi connectivity index (χ4n) is 1.50. The molecule has 3 nitrogen and oxygen atoms in total. The smallest absolute Gasteiger partial charge is 0.258 e. The van der Waals surface area contributed by atoms with Crippen molar-refractivity contribution in [1.82, 2.24) is 0 Å². The summed E-state index contributed by atoms with van der Waals surface area (Å²) in [4.78, 5) is 10.5. The third kappa shape index (κ3) is 3.24. The van der Waals surface area contributed by atoms with Crippen LogP contribution < -0.4 is 0 Å². The van der Waals surface area contributed by atoms with Crippen LogP contribution in [-0.2, 0) is 0 Å². The van der Waals surface area contributed by atoms with Gasteiger partial charge in [-0.05, 0) is 31.0 Å². The number of aryl methyl sites for hydroxylation is 2. The SMILES string of the molecule is Cc1cc(C(C)C(Cl)(Cl)Cl)c([N+](=O)[O-])cc1C. The summed E-state index contributed by atoms with van der Waals surface area (Å²) < 4.78 is -1.56. The van der Waals surface area contributed by atoms with Crippen LogP contribution in [0, 0.1) is 24.0 Å². The maximum absolute atomic E-state index is 11.0. The van der Waals surface area contributed by atoms with Gasteiger partial charge in [-0.2, -0.15) is 0 Å². The third-order valence-electron chi connectivity index (χ3n) is 2.80. The van der Waals surface area contributed by atoms with Crippen LogP contribution >= 0.6 is 34.8 Å². The zero-order chi connectivity index (χ0) is 13.4. The first-order valence-corrected chi connectivity index (χ1v) is 6.10. The molecule has 6 heteroatoms. The van der Waals surface area contributed by atoms with E-state index in [1.807, 2.05) is 13.8 Å². The Hall–Kier alpha value is -0.510. The standard InChI is InChI=1S/C11H12Cl3NO2/c1-6-4-9(8(3)11(12,13)14)10(15(16)17)5-7(6)2/h4-5,8H,1-3H3. The summed E-state index contributed by atoms with van der Waals surface area (Å²) in [6, 6.07) is 3.22. The van der Waals surface area contributed by atoms with Gasteiger partial charge < -0.3 is 0 Å². The van der Waals surface area contributed by atoms with Crippen LogP contribution in [0.4, 0.5) is 5.69 Å². The molecule has 0 aromatic heterocycles. The Morgan fingerprint density at radius 3 is 2.12 bits per heavy atom. The van der Waals surface area contributed by atoms with E-state index in [1.54, 1.807) is 13.0 Å². The number of rotatable bonds is 2. The Labute approximate surface area is 115 Å². The Balaban J connectivity index is 3.41. The molecule has 0 saturated carbocycles. The molecular weight excluding hydrogens is 284 g/mol. The van der Waals surface area contributed by atoms with E-state index in [1.165, 1.54) is 6.07 Å². The summed E-state index contributed by atoms with van der Waals surface area (Å²) in [5.41, 5.74) is 2.22. The Morgan fingerprint density at radius 2 is 1.71 bits per heavy atom. The molecule has 0 aliphatic carbocycles. The molecule has 94 valence electrons. The fraction of sp³-hybridized carbons (Fsp3) is 0.455. The molecule has 0 aliphatic heterocycles. The van der Waals surface area contributed by atoms with Crippen molar-refractivity contribution in [3.8, 4) is 0 Å². The first kappa shape index (κ1) is 14.6. The normalized spacial score (nSPS) is 13.5. The topological polar surface area (TPSA) is 43.1 Å². The molecule has 0 saturated heterocycles. The van der Waals surface area contributed by atoms with Crippen LogP contribution in [-0.4, -0.2) is 8.72 Å². The summed E-state index contributed by atoms with van der Waals surface area (Å²) in [5, 5.41) is 11.0. The van der Waals surface area contributed by atoms with E-state index in [9.17, 15) is 10.1 Å². The highest BCUT2D eigenvalue weighted by Gasteiger charge is 2.34. The van der Waals surface area contributed by atoms with Gasteiger partial charge in [0.2, 0.25) is 0 Å². The second-order valence-electron chi connectivity index (χ2n) is 4.02. The molecule has 1 aromatic carbocycles. The van der Waals surface area contributed by atoms with Gasteiger partial charge in [0.05, 0.1) is 4.92 Å². The summed E-state index contributed by atoms with van der Waals surface area (Å²) in [5.74, 6) is -0.549. The number of hydrogen-bond donors (Lipinski definition) is 0. The Kier molecular flexibility index (Phi) is 4.28. The molecule has 17 heavy (non-hydrogen) atoms. The second kappa shape index (κ2) is 5.01. The summed E-state index contributed by atoms with van der Waals surface area (Å²) in [7, 11) is 0. The number of halogens is 3. The molecule has 0 radical (unpaired) electrons. The average Bonchev–Trinajstić information content (AvgIpc) is 2.18. The van der Waals surface area contributed by atoms with Gasteiger partial charge in [0.15, 0.2) is 3.79 Å². The highest BCUT2D eigenvalue weighted by atomic mass is 35.6. The van der Waals surface area contributed by atoms with Crippen molar-refractivity contribution in [2.45, 2.75) is 30.5 Å². The molecule has 0 amide bonds. The molecule has 0 aliphatic rings. The molecule has 0 spiro atoms. The molecule has 1 atom stereocenters. The van der Waals surface area contributed by atoms with Crippen molar-refractivity contribution in [2.75, 3.05) is 0 Å². The fourth-order valence-corrected chi connectivity index (χ4v) is 1.86. The van der Waals surface area contributed by atoms with E-state index in [0.717, 1.165) is 11.1 Å². The molecule has 0 heterocycles. The van der Waals surface area contributed by atoms with Gasteiger partial charge in [0.1, 0.15) is 0 Å². The second-order valence-corrected chi connectivity index (χ2v) is 6.38. The van der Waals surface area contributed by atoms with E-state index in [0.29, 0.717) is 5.56 Å². The molecule has 1 aromatic rings. The summed E-state index contributed by atoms with van der Waals surface area (Å²) >= 11 is 17.4. The van der Waals surface area contributed by atoms with E-state index >= 15 is 0 Å². The van der Waals surface area contributed by atoms with Gasteiger partial charge in [0.25, 0.3) is 5.69 Å². The molecular formula is C11H12Cl3NO2. The number of nitro benzene ring substituents is 1. The number of benzene rings is 1. The minimum absolute atomic E-state index is 0.00748. The van der Waals surface area contributed by atoms with Crippen LogP contribution in [0.15, 0.2) is 12.1 Å². The summed E-state index contributed by atoms with van der Waals surface area (Å²) in [6.07, 6.45) is 0. The van der Waals surface area contributed by atoms with Crippen molar-refractivity contribution in [2.24, 2.45) is 0 Å². The zero-order valence-corrected chi connectivity index (χ0v) is 11.9. The van der Waals surface area contributed by atoms with Crippen LogP contribution in [0.5, 0.6) is 0 Å². The monoisotopic (exact) mass is 295 g/mol. The minimum Gasteiger partial charge on any atom is -0.258 e. The number of hydrogen-bond acceptors (Lipinski definition) is 2. The van der Waals surface area contributed by atoms with Crippen LogP contribution in [0.2, 0.25) is 0 Å². The predicted octanol–water partition coefficient (Wildman–Crippen LogP) is 4.69. The van der Waals surface area contributed by atoms with Crippen LogP contribution in [0.1, 0.15) is 29.5 Å². The maximum Gasteiger partial charge on any atom is 0.273 e. The van der Waals surface area contributed by atoms with Crippen molar-refractivity contribution >= 4 is 40.5 Å². The van der Waals surface area contributed by atoms with Crippen LogP contribution in [0.3, 0.4) is 0 Å². The maximum atomic E-state index is 11.0. The molecule has 1 rings (SSSR count). The highest BCUT2D eigenvalue weighted by molar-refractivity contribution is 6.68. The number of alkyl halides is 3. The highest BCUT2D eigenvalue weighted by Crippen LogP contribution is 2.44. The summed E-state index contributed by atoms with van der Waals surface area (Å²) in [6.45, 7) is 5.34. The first-order chi connectivity index (χ1) is 7.64. The van der Waals surface area contributed by atoms with E-state index < -0.39 is 14.6 Å². The Bertz CT molecular complexity index is 455. The minimum atomic E-state index is -1.56. The van der Waals surface area contributed by atoms with E-state index in [-0.39, 0.29) is 5.69 Å². The zero-order valence-electron chi connectivity index (χ0n) is 9.63. The van der Waals surface area contributed by atoms with Gasteiger partial charge in [-0.15, -0.1) is 0 Å². The lowest BCUT2D eigenvalue weighted by Gasteiger charge is -2.21. The van der Waals surface area contributed by atoms with Crippen molar-refractivity contribution in [3.63, 3.8) is 0 Å². The van der Waals surface area contributed by atoms with Gasteiger partial charge in [-0.1, -0.05) is 41.7 Å². The predicted molar refractivity (Wildman–Crippen MR) is 71.3 cm³/mol. The largest absolute Gasteiger partial charge is 0.273 e. The van der Waals surface area contributed by atoms with Crippen LogP contribution in [0.25, 0.3) is 0 Å². The van der Waals surface area contributed by atoms with E-state index in [4.69, 9.17) is 34.8 Å². The number of nitrogens with zero attached hydrogens (tertiary/aromatic N) is 1. The molecule has 0 fully saturated rings.